The van der Waals surface area contributed by atoms with Crippen LogP contribution >= 0.6 is 11.6 Å². The second-order valence-electron chi connectivity index (χ2n) is 5.41. The van der Waals surface area contributed by atoms with Gasteiger partial charge in [-0.05, 0) is 48.9 Å². The van der Waals surface area contributed by atoms with Gasteiger partial charge in [-0.3, -0.25) is 0 Å². The average Bonchev–Trinajstić information content (AvgIpc) is 2.75. The molecule has 1 saturated carbocycles. The van der Waals surface area contributed by atoms with E-state index in [-0.39, 0.29) is 0 Å². The SMILES string of the molecule is CC(C)NCC1CCCC1c1ccc(Cl)cc1. The van der Waals surface area contributed by atoms with Gasteiger partial charge in [-0.15, -0.1) is 0 Å². The molecule has 1 aromatic rings. The number of benzene rings is 1. The van der Waals surface area contributed by atoms with E-state index in [1.165, 1.54) is 24.8 Å². The van der Waals surface area contributed by atoms with Gasteiger partial charge in [0.05, 0.1) is 0 Å². The monoisotopic (exact) mass is 251 g/mol. The van der Waals surface area contributed by atoms with E-state index in [4.69, 9.17) is 11.6 Å². The lowest BCUT2D eigenvalue weighted by Crippen LogP contribution is -2.30. The molecule has 1 aliphatic rings. The first-order valence-corrected chi connectivity index (χ1v) is 7.03. The zero-order valence-corrected chi connectivity index (χ0v) is 11.5. The van der Waals surface area contributed by atoms with Crippen LogP contribution in [0.4, 0.5) is 0 Å². The second-order valence-corrected chi connectivity index (χ2v) is 5.85. The second kappa shape index (κ2) is 5.88. The first kappa shape index (κ1) is 12.9. The van der Waals surface area contributed by atoms with Gasteiger partial charge in [0.1, 0.15) is 0 Å². The summed E-state index contributed by atoms with van der Waals surface area (Å²) in [5, 5.41) is 4.41. The number of halogens is 1. The Balaban J connectivity index is 2.01. The van der Waals surface area contributed by atoms with Crippen LogP contribution in [0.3, 0.4) is 0 Å². The summed E-state index contributed by atoms with van der Waals surface area (Å²) in [6.45, 7) is 5.57. The first-order valence-electron chi connectivity index (χ1n) is 6.65. The van der Waals surface area contributed by atoms with Gasteiger partial charge >= 0.3 is 0 Å². The molecule has 0 saturated heterocycles. The van der Waals surface area contributed by atoms with E-state index in [0.717, 1.165) is 23.4 Å². The number of nitrogens with one attached hydrogen (secondary N) is 1. The maximum absolute atomic E-state index is 5.95. The van der Waals surface area contributed by atoms with Crippen molar-refractivity contribution in [2.45, 2.75) is 45.1 Å². The van der Waals surface area contributed by atoms with E-state index >= 15 is 0 Å². The molecular weight excluding hydrogens is 230 g/mol. The molecule has 1 N–H and O–H groups in total. The first-order chi connectivity index (χ1) is 8.16. The summed E-state index contributed by atoms with van der Waals surface area (Å²) in [5.74, 6) is 1.51. The highest BCUT2D eigenvalue weighted by molar-refractivity contribution is 6.30. The van der Waals surface area contributed by atoms with Crippen molar-refractivity contribution in [3.63, 3.8) is 0 Å². The van der Waals surface area contributed by atoms with Crippen LogP contribution in [0.15, 0.2) is 24.3 Å². The molecule has 1 aromatic carbocycles. The minimum absolute atomic E-state index is 0.585. The number of hydrogen-bond donors (Lipinski definition) is 1. The molecule has 1 nitrogen and oxygen atoms in total. The lowest BCUT2D eigenvalue weighted by molar-refractivity contribution is 0.423. The third-order valence-electron chi connectivity index (χ3n) is 3.75. The van der Waals surface area contributed by atoms with Crippen LogP contribution in [-0.2, 0) is 0 Å². The molecule has 94 valence electrons. The Kier molecular flexibility index (Phi) is 4.47. The topological polar surface area (TPSA) is 12.0 Å². The molecule has 0 radical (unpaired) electrons. The van der Waals surface area contributed by atoms with E-state index in [9.17, 15) is 0 Å². The Morgan fingerprint density at radius 3 is 2.59 bits per heavy atom. The van der Waals surface area contributed by atoms with Gasteiger partial charge in [0.15, 0.2) is 0 Å². The maximum atomic E-state index is 5.95. The number of rotatable bonds is 4. The molecule has 17 heavy (non-hydrogen) atoms. The summed E-state index contributed by atoms with van der Waals surface area (Å²) < 4.78 is 0. The van der Waals surface area contributed by atoms with E-state index in [1.54, 1.807) is 0 Å². The van der Waals surface area contributed by atoms with Crippen LogP contribution in [0.5, 0.6) is 0 Å². The predicted molar refractivity (Wildman–Crippen MR) is 74.7 cm³/mol. The number of hydrogen-bond acceptors (Lipinski definition) is 1. The van der Waals surface area contributed by atoms with Crippen LogP contribution in [0.2, 0.25) is 5.02 Å². The minimum Gasteiger partial charge on any atom is -0.314 e. The lowest BCUT2D eigenvalue weighted by atomic mass is 9.89. The molecule has 0 spiro atoms. The van der Waals surface area contributed by atoms with E-state index in [0.29, 0.717) is 6.04 Å². The maximum Gasteiger partial charge on any atom is 0.0406 e. The molecule has 0 aromatic heterocycles. The molecule has 0 heterocycles. The molecule has 2 rings (SSSR count). The molecule has 0 amide bonds. The van der Waals surface area contributed by atoms with Crippen molar-refractivity contribution in [2.75, 3.05) is 6.54 Å². The highest BCUT2D eigenvalue weighted by atomic mass is 35.5. The summed E-state index contributed by atoms with van der Waals surface area (Å²) in [7, 11) is 0. The predicted octanol–water partition coefficient (Wildman–Crippen LogP) is 4.22. The van der Waals surface area contributed by atoms with Gasteiger partial charge in [-0.25, -0.2) is 0 Å². The molecule has 0 bridgehead atoms. The van der Waals surface area contributed by atoms with Crippen LogP contribution in [0.25, 0.3) is 0 Å². The molecule has 2 unspecified atom stereocenters. The van der Waals surface area contributed by atoms with Gasteiger partial charge in [0, 0.05) is 11.1 Å². The van der Waals surface area contributed by atoms with Crippen molar-refractivity contribution in [3.05, 3.63) is 34.9 Å². The highest BCUT2D eigenvalue weighted by Crippen LogP contribution is 2.39. The Morgan fingerprint density at radius 2 is 1.94 bits per heavy atom. The fourth-order valence-electron chi connectivity index (χ4n) is 2.82. The van der Waals surface area contributed by atoms with Crippen molar-refractivity contribution in [3.8, 4) is 0 Å². The normalized spacial score (nSPS) is 24.5. The van der Waals surface area contributed by atoms with Crippen LogP contribution in [-0.4, -0.2) is 12.6 Å². The van der Waals surface area contributed by atoms with Gasteiger partial charge in [0.25, 0.3) is 0 Å². The van der Waals surface area contributed by atoms with Crippen LogP contribution in [0.1, 0.15) is 44.6 Å². The van der Waals surface area contributed by atoms with Crippen LogP contribution in [0, 0.1) is 5.92 Å². The fraction of sp³-hybridized carbons (Fsp3) is 0.600. The Bertz CT molecular complexity index is 344. The Morgan fingerprint density at radius 1 is 1.24 bits per heavy atom. The summed E-state index contributed by atoms with van der Waals surface area (Å²) in [6.07, 6.45) is 4.04. The van der Waals surface area contributed by atoms with Gasteiger partial charge in [-0.1, -0.05) is 44.0 Å². The molecular formula is C15H22ClN. The molecule has 2 atom stereocenters. The van der Waals surface area contributed by atoms with E-state index in [1.807, 2.05) is 12.1 Å². The van der Waals surface area contributed by atoms with Crippen LogP contribution < -0.4 is 5.32 Å². The molecule has 1 fully saturated rings. The lowest BCUT2D eigenvalue weighted by Gasteiger charge is -2.21. The molecule has 1 aliphatic carbocycles. The highest BCUT2D eigenvalue weighted by Gasteiger charge is 2.28. The van der Waals surface area contributed by atoms with Crippen molar-refractivity contribution in [1.29, 1.82) is 0 Å². The van der Waals surface area contributed by atoms with Crippen molar-refractivity contribution in [2.24, 2.45) is 5.92 Å². The van der Waals surface area contributed by atoms with Crippen molar-refractivity contribution >= 4 is 11.6 Å². The Labute approximate surface area is 110 Å². The summed E-state index contributed by atoms with van der Waals surface area (Å²) in [6, 6.07) is 9.01. The van der Waals surface area contributed by atoms with Gasteiger partial charge < -0.3 is 5.32 Å². The van der Waals surface area contributed by atoms with Crippen molar-refractivity contribution < 1.29 is 0 Å². The smallest absolute Gasteiger partial charge is 0.0406 e. The average molecular weight is 252 g/mol. The minimum atomic E-state index is 0.585. The quantitative estimate of drug-likeness (QED) is 0.845. The molecule has 2 heteroatoms. The summed E-state index contributed by atoms with van der Waals surface area (Å²) in [5.41, 5.74) is 1.46. The Hall–Kier alpha value is -0.530. The zero-order valence-electron chi connectivity index (χ0n) is 10.7. The molecule has 0 aliphatic heterocycles. The summed E-state index contributed by atoms with van der Waals surface area (Å²) >= 11 is 5.95. The largest absolute Gasteiger partial charge is 0.314 e. The van der Waals surface area contributed by atoms with E-state index < -0.39 is 0 Å². The summed E-state index contributed by atoms with van der Waals surface area (Å²) in [4.78, 5) is 0. The van der Waals surface area contributed by atoms with Gasteiger partial charge in [0.2, 0.25) is 0 Å². The standard InChI is InChI=1S/C15H22ClN/c1-11(2)17-10-13-4-3-5-15(13)12-6-8-14(16)9-7-12/h6-9,11,13,15,17H,3-5,10H2,1-2H3. The van der Waals surface area contributed by atoms with Gasteiger partial charge in [-0.2, -0.15) is 0 Å². The zero-order chi connectivity index (χ0) is 12.3. The van der Waals surface area contributed by atoms with Crippen molar-refractivity contribution in [1.82, 2.24) is 5.32 Å². The fourth-order valence-corrected chi connectivity index (χ4v) is 2.94. The third-order valence-corrected chi connectivity index (χ3v) is 4.00. The van der Waals surface area contributed by atoms with E-state index in [2.05, 4.69) is 31.3 Å². The third kappa shape index (κ3) is 3.46.